The number of H-pyrrole nitrogens is 1. The molecule has 18 heavy (non-hydrogen) atoms. The van der Waals surface area contributed by atoms with Crippen molar-refractivity contribution in [3.63, 3.8) is 0 Å². The van der Waals surface area contributed by atoms with Crippen LogP contribution in [0.25, 0.3) is 10.9 Å². The Labute approximate surface area is 106 Å². The Kier molecular flexibility index (Phi) is 2.47. The Bertz CT molecular complexity index is 626. The van der Waals surface area contributed by atoms with Gasteiger partial charge in [0.15, 0.2) is 0 Å². The van der Waals surface area contributed by atoms with Crippen LogP contribution in [0.15, 0.2) is 36.9 Å². The number of nitrogens with one attached hydrogen (secondary N) is 1. The smallest absolute Gasteiger partial charge is 0.227 e. The first kappa shape index (κ1) is 11.1. The molecule has 1 aliphatic heterocycles. The van der Waals surface area contributed by atoms with E-state index in [1.54, 1.807) is 0 Å². The number of aromatic amines is 1. The van der Waals surface area contributed by atoms with E-state index in [-0.39, 0.29) is 11.8 Å². The minimum Gasteiger partial charge on any atom is -0.359 e. The Balaban J connectivity index is 1.99. The van der Waals surface area contributed by atoms with Gasteiger partial charge in [0.2, 0.25) is 5.91 Å². The van der Waals surface area contributed by atoms with Crippen molar-refractivity contribution in [2.75, 3.05) is 11.4 Å². The maximum atomic E-state index is 12.0. The minimum atomic E-state index is 0.187. The molecular formula is C15H16N2O. The molecule has 1 fully saturated rings. The SMILES string of the molecule is C=CC1CC(=O)N(c2ccc3[nH]c(C)cc3c2)C1. The predicted molar refractivity (Wildman–Crippen MR) is 73.7 cm³/mol. The van der Waals surface area contributed by atoms with E-state index in [1.165, 1.54) is 0 Å². The summed E-state index contributed by atoms with van der Waals surface area (Å²) in [5, 5.41) is 1.15. The fourth-order valence-electron chi connectivity index (χ4n) is 2.58. The largest absolute Gasteiger partial charge is 0.359 e. The molecule has 1 unspecified atom stereocenters. The van der Waals surface area contributed by atoms with Crippen molar-refractivity contribution >= 4 is 22.5 Å². The van der Waals surface area contributed by atoms with E-state index >= 15 is 0 Å². The Hall–Kier alpha value is -2.03. The van der Waals surface area contributed by atoms with Crippen LogP contribution in [0.3, 0.4) is 0 Å². The monoisotopic (exact) mass is 240 g/mol. The molecule has 0 bridgehead atoms. The van der Waals surface area contributed by atoms with Crippen LogP contribution in [-0.4, -0.2) is 17.4 Å². The van der Waals surface area contributed by atoms with Crippen molar-refractivity contribution in [2.24, 2.45) is 5.92 Å². The fraction of sp³-hybridized carbons (Fsp3) is 0.267. The number of carbonyl (C=O) groups is 1. The average molecular weight is 240 g/mol. The van der Waals surface area contributed by atoms with E-state index in [1.807, 2.05) is 30.0 Å². The molecule has 1 saturated heterocycles. The number of amides is 1. The van der Waals surface area contributed by atoms with Gasteiger partial charge in [0.05, 0.1) is 0 Å². The summed E-state index contributed by atoms with van der Waals surface area (Å²) >= 11 is 0. The third-order valence-electron chi connectivity index (χ3n) is 3.54. The summed E-state index contributed by atoms with van der Waals surface area (Å²) in [4.78, 5) is 17.1. The van der Waals surface area contributed by atoms with Crippen LogP contribution in [0.5, 0.6) is 0 Å². The molecule has 1 aliphatic rings. The van der Waals surface area contributed by atoms with Crippen LogP contribution in [-0.2, 0) is 4.79 Å². The van der Waals surface area contributed by atoms with E-state index in [4.69, 9.17) is 0 Å². The van der Waals surface area contributed by atoms with Crippen LogP contribution in [0, 0.1) is 12.8 Å². The van der Waals surface area contributed by atoms with Crippen molar-refractivity contribution in [3.05, 3.63) is 42.6 Å². The number of benzene rings is 1. The Morgan fingerprint density at radius 1 is 1.44 bits per heavy atom. The summed E-state index contributed by atoms with van der Waals surface area (Å²) in [7, 11) is 0. The molecule has 1 atom stereocenters. The lowest BCUT2D eigenvalue weighted by molar-refractivity contribution is -0.117. The van der Waals surface area contributed by atoms with Gasteiger partial charge >= 0.3 is 0 Å². The number of nitrogens with zero attached hydrogens (tertiary/aromatic N) is 1. The maximum Gasteiger partial charge on any atom is 0.227 e. The molecule has 3 rings (SSSR count). The number of fused-ring (bicyclic) bond motifs is 1. The zero-order chi connectivity index (χ0) is 12.7. The van der Waals surface area contributed by atoms with Crippen LogP contribution >= 0.6 is 0 Å². The van der Waals surface area contributed by atoms with E-state index in [0.717, 1.165) is 28.8 Å². The number of rotatable bonds is 2. The Morgan fingerprint density at radius 2 is 2.28 bits per heavy atom. The number of anilines is 1. The minimum absolute atomic E-state index is 0.187. The van der Waals surface area contributed by atoms with E-state index in [9.17, 15) is 4.79 Å². The number of carbonyl (C=O) groups excluding carboxylic acids is 1. The van der Waals surface area contributed by atoms with Gasteiger partial charge in [-0.3, -0.25) is 4.79 Å². The summed E-state index contributed by atoms with van der Waals surface area (Å²) in [6.07, 6.45) is 2.45. The molecule has 2 aromatic rings. The molecule has 0 aliphatic carbocycles. The highest BCUT2D eigenvalue weighted by molar-refractivity contribution is 5.98. The summed E-state index contributed by atoms with van der Waals surface area (Å²) in [6, 6.07) is 8.21. The molecule has 0 saturated carbocycles. The lowest BCUT2D eigenvalue weighted by Crippen LogP contribution is -2.24. The molecule has 2 heterocycles. The zero-order valence-electron chi connectivity index (χ0n) is 10.4. The lowest BCUT2D eigenvalue weighted by Gasteiger charge is -2.16. The summed E-state index contributed by atoms with van der Waals surface area (Å²) in [5.74, 6) is 0.465. The molecule has 1 aromatic carbocycles. The van der Waals surface area contributed by atoms with E-state index < -0.39 is 0 Å². The van der Waals surface area contributed by atoms with Crippen LogP contribution < -0.4 is 4.90 Å². The van der Waals surface area contributed by atoms with Crippen molar-refractivity contribution in [3.8, 4) is 0 Å². The van der Waals surface area contributed by atoms with Gasteiger partial charge in [-0.1, -0.05) is 6.08 Å². The topological polar surface area (TPSA) is 36.1 Å². The third kappa shape index (κ3) is 1.72. The fourth-order valence-corrected chi connectivity index (χ4v) is 2.58. The first-order valence-corrected chi connectivity index (χ1v) is 6.19. The number of aromatic nitrogens is 1. The van der Waals surface area contributed by atoms with Crippen LogP contribution in [0.2, 0.25) is 0 Å². The summed E-state index contributed by atoms with van der Waals surface area (Å²) in [6.45, 7) is 6.56. The van der Waals surface area contributed by atoms with Gasteiger partial charge in [0.25, 0.3) is 0 Å². The van der Waals surface area contributed by atoms with Gasteiger partial charge in [-0.2, -0.15) is 0 Å². The van der Waals surface area contributed by atoms with Crippen LogP contribution in [0.4, 0.5) is 5.69 Å². The van der Waals surface area contributed by atoms with Crippen molar-refractivity contribution in [1.82, 2.24) is 4.98 Å². The maximum absolute atomic E-state index is 12.0. The second kappa shape index (κ2) is 4.02. The van der Waals surface area contributed by atoms with Crippen molar-refractivity contribution in [2.45, 2.75) is 13.3 Å². The molecular weight excluding hydrogens is 224 g/mol. The summed E-state index contributed by atoms with van der Waals surface area (Å²) in [5.41, 5.74) is 3.23. The van der Waals surface area contributed by atoms with Gasteiger partial charge in [0, 0.05) is 41.2 Å². The second-order valence-corrected chi connectivity index (χ2v) is 4.93. The highest BCUT2D eigenvalue weighted by atomic mass is 16.2. The van der Waals surface area contributed by atoms with Gasteiger partial charge < -0.3 is 9.88 Å². The number of hydrogen-bond donors (Lipinski definition) is 1. The first-order chi connectivity index (χ1) is 8.67. The van der Waals surface area contributed by atoms with Crippen LogP contribution in [0.1, 0.15) is 12.1 Å². The highest BCUT2D eigenvalue weighted by Gasteiger charge is 2.28. The first-order valence-electron chi connectivity index (χ1n) is 6.19. The van der Waals surface area contributed by atoms with Crippen molar-refractivity contribution < 1.29 is 4.79 Å². The molecule has 0 radical (unpaired) electrons. The van der Waals surface area contributed by atoms with Gasteiger partial charge in [0.1, 0.15) is 0 Å². The molecule has 0 spiro atoms. The highest BCUT2D eigenvalue weighted by Crippen LogP contribution is 2.28. The Morgan fingerprint density at radius 3 is 3.00 bits per heavy atom. The standard InChI is InChI=1S/C15H16N2O/c1-3-11-7-15(18)17(9-11)13-4-5-14-12(8-13)6-10(2)16-14/h3-6,8,11,16H,1,7,9H2,2H3. The third-order valence-corrected chi connectivity index (χ3v) is 3.54. The van der Waals surface area contributed by atoms with Crippen molar-refractivity contribution in [1.29, 1.82) is 0 Å². The van der Waals surface area contributed by atoms with Gasteiger partial charge in [-0.25, -0.2) is 0 Å². The van der Waals surface area contributed by atoms with Gasteiger partial charge in [-0.15, -0.1) is 6.58 Å². The zero-order valence-corrected chi connectivity index (χ0v) is 10.4. The molecule has 1 amide bonds. The molecule has 1 aromatic heterocycles. The molecule has 92 valence electrons. The summed E-state index contributed by atoms with van der Waals surface area (Å²) < 4.78 is 0. The normalized spacial score (nSPS) is 19.7. The number of aryl methyl sites for hydroxylation is 1. The molecule has 3 heteroatoms. The van der Waals surface area contributed by atoms with Gasteiger partial charge in [-0.05, 0) is 31.2 Å². The molecule has 3 nitrogen and oxygen atoms in total. The second-order valence-electron chi connectivity index (χ2n) is 4.93. The average Bonchev–Trinajstić information content (AvgIpc) is 2.89. The number of hydrogen-bond acceptors (Lipinski definition) is 1. The van der Waals surface area contributed by atoms with E-state index in [0.29, 0.717) is 6.42 Å². The predicted octanol–water partition coefficient (Wildman–Crippen LogP) is 3.02. The molecule has 1 N–H and O–H groups in total. The van der Waals surface area contributed by atoms with E-state index in [2.05, 4.69) is 23.7 Å². The quantitative estimate of drug-likeness (QED) is 0.805. The lowest BCUT2D eigenvalue weighted by atomic mass is 10.1.